The number of aryl methyl sites for hydroxylation is 2. The van der Waals surface area contributed by atoms with Gasteiger partial charge in [0.1, 0.15) is 0 Å². The Morgan fingerprint density at radius 3 is 2.15 bits per heavy atom. The Hall–Kier alpha value is -1.02. The van der Waals surface area contributed by atoms with E-state index in [0.717, 1.165) is 19.6 Å². The van der Waals surface area contributed by atoms with Gasteiger partial charge in [-0.2, -0.15) is 0 Å². The van der Waals surface area contributed by atoms with E-state index in [0.29, 0.717) is 5.92 Å². The molecule has 0 saturated carbocycles. The summed E-state index contributed by atoms with van der Waals surface area (Å²) in [6.07, 6.45) is 0. The van der Waals surface area contributed by atoms with Gasteiger partial charge in [0.05, 0.1) is 0 Å². The van der Waals surface area contributed by atoms with E-state index in [9.17, 15) is 0 Å². The van der Waals surface area contributed by atoms with Crippen molar-refractivity contribution in [2.24, 2.45) is 11.3 Å². The van der Waals surface area contributed by atoms with Crippen LogP contribution in [0.1, 0.15) is 38.8 Å². The van der Waals surface area contributed by atoms with Crippen molar-refractivity contribution in [3.8, 4) is 0 Å². The van der Waals surface area contributed by atoms with Crippen molar-refractivity contribution < 1.29 is 0 Å². The van der Waals surface area contributed by atoms with Crippen molar-refractivity contribution in [3.63, 3.8) is 0 Å². The van der Waals surface area contributed by atoms with E-state index in [2.05, 4.69) is 77.0 Å². The molecule has 1 aromatic rings. The first-order valence-corrected chi connectivity index (χ1v) is 7.70. The van der Waals surface area contributed by atoms with Crippen molar-refractivity contribution in [2.45, 2.75) is 41.5 Å². The normalized spacial score (nSPS) is 12.0. The second-order valence-electron chi connectivity index (χ2n) is 7.39. The topological polar surface area (TPSA) is 15.3 Å². The molecular formula is C18H32N2. The van der Waals surface area contributed by atoms with Crippen LogP contribution in [-0.4, -0.2) is 26.7 Å². The lowest BCUT2D eigenvalue weighted by Gasteiger charge is -2.32. The molecule has 1 rings (SSSR count). The molecule has 0 radical (unpaired) electrons. The summed E-state index contributed by atoms with van der Waals surface area (Å²) in [6.45, 7) is 16.7. The minimum Gasteiger partial charge on any atom is -0.374 e. The van der Waals surface area contributed by atoms with Gasteiger partial charge in [0.2, 0.25) is 0 Å². The molecule has 0 atom stereocenters. The predicted octanol–water partition coefficient (Wildman–Crippen LogP) is 4.01. The number of hydrogen-bond acceptors (Lipinski definition) is 2. The number of anilines is 1. The SMILES string of the molecule is Cc1cc(C)cc(N(C)CC(C)(C)CNCC(C)C)c1. The Labute approximate surface area is 125 Å². The fourth-order valence-electron chi connectivity index (χ4n) is 2.66. The highest BCUT2D eigenvalue weighted by molar-refractivity contribution is 5.50. The number of nitrogens with zero attached hydrogens (tertiary/aromatic N) is 1. The largest absolute Gasteiger partial charge is 0.374 e. The first-order chi connectivity index (χ1) is 9.19. The minimum atomic E-state index is 0.265. The standard InChI is InChI=1S/C18H32N2/c1-14(2)11-19-12-18(5,6)13-20(7)17-9-15(3)8-16(4)10-17/h8-10,14,19H,11-13H2,1-7H3. The van der Waals surface area contributed by atoms with Crippen molar-refractivity contribution in [1.82, 2.24) is 5.32 Å². The highest BCUT2D eigenvalue weighted by Crippen LogP contribution is 2.22. The van der Waals surface area contributed by atoms with Gasteiger partial charge in [0, 0.05) is 25.8 Å². The molecule has 0 heterocycles. The zero-order valence-corrected chi connectivity index (χ0v) is 14.4. The number of hydrogen-bond donors (Lipinski definition) is 1. The average Bonchev–Trinajstić information content (AvgIpc) is 2.25. The lowest BCUT2D eigenvalue weighted by atomic mass is 9.92. The molecule has 0 aliphatic rings. The molecule has 114 valence electrons. The van der Waals surface area contributed by atoms with Crippen LogP contribution in [0.3, 0.4) is 0 Å². The van der Waals surface area contributed by atoms with E-state index in [1.807, 2.05) is 0 Å². The fraction of sp³-hybridized carbons (Fsp3) is 0.667. The van der Waals surface area contributed by atoms with E-state index in [1.54, 1.807) is 0 Å². The average molecular weight is 276 g/mol. The minimum absolute atomic E-state index is 0.265. The van der Waals surface area contributed by atoms with Gasteiger partial charge in [0.25, 0.3) is 0 Å². The van der Waals surface area contributed by atoms with E-state index in [-0.39, 0.29) is 5.41 Å². The maximum atomic E-state index is 3.58. The fourth-order valence-corrected chi connectivity index (χ4v) is 2.66. The summed E-state index contributed by atoms with van der Waals surface area (Å²) in [7, 11) is 2.19. The lowest BCUT2D eigenvalue weighted by Crippen LogP contribution is -2.40. The Bertz CT molecular complexity index is 401. The zero-order valence-electron chi connectivity index (χ0n) is 14.4. The van der Waals surface area contributed by atoms with Gasteiger partial charge in [-0.15, -0.1) is 0 Å². The van der Waals surface area contributed by atoms with Gasteiger partial charge in [-0.1, -0.05) is 33.8 Å². The molecule has 1 N–H and O–H groups in total. The monoisotopic (exact) mass is 276 g/mol. The number of benzene rings is 1. The third-order valence-electron chi connectivity index (χ3n) is 3.47. The van der Waals surface area contributed by atoms with Crippen LogP contribution < -0.4 is 10.2 Å². The molecule has 0 aromatic heterocycles. The van der Waals surface area contributed by atoms with Crippen molar-refractivity contribution in [1.29, 1.82) is 0 Å². The van der Waals surface area contributed by atoms with E-state index in [4.69, 9.17) is 0 Å². The van der Waals surface area contributed by atoms with Crippen LogP contribution in [0, 0.1) is 25.2 Å². The molecule has 2 heteroatoms. The molecule has 20 heavy (non-hydrogen) atoms. The second kappa shape index (κ2) is 7.12. The van der Waals surface area contributed by atoms with Gasteiger partial charge in [0.15, 0.2) is 0 Å². The molecule has 0 unspecified atom stereocenters. The van der Waals surface area contributed by atoms with Crippen LogP contribution in [0.5, 0.6) is 0 Å². The molecule has 0 aliphatic carbocycles. The molecular weight excluding hydrogens is 244 g/mol. The highest BCUT2D eigenvalue weighted by atomic mass is 15.1. The molecule has 1 aromatic carbocycles. The van der Waals surface area contributed by atoms with Crippen molar-refractivity contribution >= 4 is 5.69 Å². The highest BCUT2D eigenvalue weighted by Gasteiger charge is 2.20. The van der Waals surface area contributed by atoms with Crippen LogP contribution >= 0.6 is 0 Å². The van der Waals surface area contributed by atoms with Crippen LogP contribution in [-0.2, 0) is 0 Å². The van der Waals surface area contributed by atoms with Crippen molar-refractivity contribution in [2.75, 3.05) is 31.6 Å². The Morgan fingerprint density at radius 1 is 1.10 bits per heavy atom. The summed E-state index contributed by atoms with van der Waals surface area (Å²) >= 11 is 0. The third kappa shape index (κ3) is 5.96. The maximum absolute atomic E-state index is 3.58. The van der Waals surface area contributed by atoms with Crippen LogP contribution in [0.4, 0.5) is 5.69 Å². The summed E-state index contributed by atoms with van der Waals surface area (Å²) in [5, 5.41) is 3.58. The maximum Gasteiger partial charge on any atom is 0.0369 e. The summed E-state index contributed by atoms with van der Waals surface area (Å²) < 4.78 is 0. The lowest BCUT2D eigenvalue weighted by molar-refractivity contribution is 0.338. The van der Waals surface area contributed by atoms with Crippen LogP contribution in [0.15, 0.2) is 18.2 Å². The van der Waals surface area contributed by atoms with Crippen LogP contribution in [0.2, 0.25) is 0 Å². The number of nitrogens with one attached hydrogen (secondary N) is 1. The predicted molar refractivity (Wildman–Crippen MR) is 90.7 cm³/mol. The van der Waals surface area contributed by atoms with Gasteiger partial charge >= 0.3 is 0 Å². The van der Waals surface area contributed by atoms with Crippen LogP contribution in [0.25, 0.3) is 0 Å². The molecule has 0 aliphatic heterocycles. The van der Waals surface area contributed by atoms with Gasteiger partial charge in [-0.3, -0.25) is 0 Å². The molecule has 0 spiro atoms. The van der Waals surface area contributed by atoms with Gasteiger partial charge in [-0.05, 0) is 55.0 Å². The first kappa shape index (κ1) is 17.0. The molecule has 0 bridgehead atoms. The van der Waals surface area contributed by atoms with E-state index in [1.165, 1.54) is 16.8 Å². The summed E-state index contributed by atoms with van der Waals surface area (Å²) in [5.41, 5.74) is 4.26. The second-order valence-corrected chi connectivity index (χ2v) is 7.39. The molecule has 0 fully saturated rings. The zero-order chi connectivity index (χ0) is 15.3. The summed E-state index contributed by atoms with van der Waals surface area (Å²) in [4.78, 5) is 2.37. The quantitative estimate of drug-likeness (QED) is 0.809. The van der Waals surface area contributed by atoms with Crippen molar-refractivity contribution in [3.05, 3.63) is 29.3 Å². The van der Waals surface area contributed by atoms with E-state index < -0.39 is 0 Å². The molecule has 2 nitrogen and oxygen atoms in total. The summed E-state index contributed by atoms with van der Waals surface area (Å²) in [6, 6.07) is 6.77. The number of rotatable bonds is 7. The Morgan fingerprint density at radius 2 is 1.65 bits per heavy atom. The third-order valence-corrected chi connectivity index (χ3v) is 3.47. The smallest absolute Gasteiger partial charge is 0.0369 e. The molecule has 0 saturated heterocycles. The first-order valence-electron chi connectivity index (χ1n) is 7.70. The Balaban J connectivity index is 2.61. The summed E-state index contributed by atoms with van der Waals surface area (Å²) in [5.74, 6) is 0.711. The van der Waals surface area contributed by atoms with Gasteiger partial charge < -0.3 is 10.2 Å². The Kier molecular flexibility index (Phi) is 6.07. The molecule has 0 amide bonds. The van der Waals surface area contributed by atoms with E-state index >= 15 is 0 Å². The van der Waals surface area contributed by atoms with Gasteiger partial charge in [-0.25, -0.2) is 0 Å².